The highest BCUT2D eigenvalue weighted by atomic mass is 16.5. The van der Waals surface area contributed by atoms with Crippen molar-refractivity contribution in [2.45, 2.75) is 37.1 Å². The molecule has 0 bridgehead atoms. The summed E-state index contributed by atoms with van der Waals surface area (Å²) in [5, 5.41) is 13.2. The Morgan fingerprint density at radius 2 is 1.67 bits per heavy atom. The average molecular weight is 355 g/mol. The van der Waals surface area contributed by atoms with Gasteiger partial charge in [0.15, 0.2) is 5.57 Å². The third-order valence-corrected chi connectivity index (χ3v) is 5.96. The van der Waals surface area contributed by atoms with Gasteiger partial charge < -0.3 is 14.8 Å². The molecule has 1 saturated heterocycles. The topological polar surface area (TPSA) is 66.6 Å². The Kier molecular flexibility index (Phi) is 2.96. The fourth-order valence-corrected chi connectivity index (χ4v) is 4.71. The number of aliphatic imine (C=N–C) groups is 1. The molecule has 6 rings (SSSR count). The summed E-state index contributed by atoms with van der Waals surface area (Å²) in [6.45, 7) is 0. The lowest BCUT2D eigenvalue weighted by Crippen LogP contribution is -2.19. The van der Waals surface area contributed by atoms with E-state index in [0.717, 1.165) is 12.8 Å². The zero-order valence-electron chi connectivity index (χ0n) is 14.6. The van der Waals surface area contributed by atoms with Gasteiger partial charge in [-0.2, -0.15) is 5.26 Å². The molecule has 132 valence electrons. The number of hydrogen-bond donors (Lipinski definition) is 1. The molecule has 2 aromatic rings. The molecule has 4 aliphatic rings. The highest BCUT2D eigenvalue weighted by molar-refractivity contribution is 5.99. The van der Waals surface area contributed by atoms with E-state index in [4.69, 9.17) is 14.5 Å². The molecule has 0 radical (unpaired) electrons. The quantitative estimate of drug-likeness (QED) is 0.798. The molecule has 27 heavy (non-hydrogen) atoms. The van der Waals surface area contributed by atoms with Gasteiger partial charge >= 0.3 is 0 Å². The van der Waals surface area contributed by atoms with Crippen molar-refractivity contribution in [3.8, 4) is 6.07 Å². The maximum absolute atomic E-state index is 9.78. The predicted molar refractivity (Wildman–Crippen MR) is 98.7 cm³/mol. The first-order valence-corrected chi connectivity index (χ1v) is 9.30. The van der Waals surface area contributed by atoms with Gasteiger partial charge in [-0.3, -0.25) is 0 Å². The lowest BCUT2D eigenvalue weighted by Gasteiger charge is -2.10. The van der Waals surface area contributed by atoms with Crippen LogP contribution in [0.15, 0.2) is 65.0 Å². The van der Waals surface area contributed by atoms with Gasteiger partial charge in [0.25, 0.3) is 0 Å². The van der Waals surface area contributed by atoms with Crippen LogP contribution in [-0.2, 0) is 22.3 Å². The standard InChI is InChI=1S/C22H17N3O2/c23-11-16(21-24-19-14-7-3-1-5-12(14)9-17(19)26-21)22-25-20-15-8-4-2-6-13(15)10-18(20)27-22/h1-8,17-20,24H,9-10H2/b21-16+/t17-,18-,19+,20+/m0/s1. The Labute approximate surface area is 156 Å². The molecule has 0 amide bonds. The smallest absolute Gasteiger partial charge is 0.233 e. The van der Waals surface area contributed by atoms with E-state index in [2.05, 4.69) is 41.7 Å². The molecule has 2 aromatic carbocycles. The third-order valence-electron chi connectivity index (χ3n) is 5.96. The number of ether oxygens (including phenoxy) is 2. The minimum absolute atomic E-state index is 0.0166. The van der Waals surface area contributed by atoms with Crippen LogP contribution < -0.4 is 5.32 Å². The number of nitrogens with one attached hydrogen (secondary N) is 1. The lowest BCUT2D eigenvalue weighted by molar-refractivity contribution is 0.156. The van der Waals surface area contributed by atoms with Gasteiger partial charge in [0.1, 0.15) is 24.3 Å². The van der Waals surface area contributed by atoms with Crippen molar-refractivity contribution in [2.75, 3.05) is 0 Å². The van der Waals surface area contributed by atoms with Crippen LogP contribution in [0.4, 0.5) is 0 Å². The largest absolute Gasteiger partial charge is 0.472 e. The highest BCUT2D eigenvalue weighted by Gasteiger charge is 2.44. The Morgan fingerprint density at radius 3 is 2.48 bits per heavy atom. The molecule has 2 aliphatic carbocycles. The van der Waals surface area contributed by atoms with Crippen molar-refractivity contribution in [2.24, 2.45) is 4.99 Å². The number of hydrogen-bond acceptors (Lipinski definition) is 5. The van der Waals surface area contributed by atoms with E-state index in [-0.39, 0.29) is 24.3 Å². The summed E-state index contributed by atoms with van der Waals surface area (Å²) in [5.41, 5.74) is 5.40. The minimum Gasteiger partial charge on any atom is -0.472 e. The Morgan fingerprint density at radius 1 is 0.963 bits per heavy atom. The number of fused-ring (bicyclic) bond motifs is 6. The molecule has 1 fully saturated rings. The van der Waals surface area contributed by atoms with Gasteiger partial charge in [-0.05, 0) is 22.3 Å². The summed E-state index contributed by atoms with van der Waals surface area (Å²) in [6.07, 6.45) is 1.67. The van der Waals surface area contributed by atoms with E-state index in [1.807, 2.05) is 18.2 Å². The molecule has 5 nitrogen and oxygen atoms in total. The van der Waals surface area contributed by atoms with Crippen molar-refractivity contribution >= 4 is 5.90 Å². The van der Waals surface area contributed by atoms with Gasteiger partial charge in [-0.15, -0.1) is 0 Å². The summed E-state index contributed by atoms with van der Waals surface area (Å²) in [6, 6.07) is 18.9. The summed E-state index contributed by atoms with van der Waals surface area (Å²) in [4.78, 5) is 4.74. The molecule has 1 N–H and O–H groups in total. The van der Waals surface area contributed by atoms with Crippen LogP contribution in [0, 0.1) is 11.3 Å². The second kappa shape index (κ2) is 5.37. The maximum Gasteiger partial charge on any atom is 0.233 e. The second-order valence-electron chi connectivity index (χ2n) is 7.44. The Bertz CT molecular complexity index is 1070. The van der Waals surface area contributed by atoms with E-state index in [0.29, 0.717) is 17.4 Å². The molecule has 4 atom stereocenters. The van der Waals surface area contributed by atoms with Crippen molar-refractivity contribution in [3.63, 3.8) is 0 Å². The summed E-state index contributed by atoms with van der Waals surface area (Å²) < 4.78 is 12.2. The molecule has 0 saturated carbocycles. The van der Waals surface area contributed by atoms with E-state index >= 15 is 0 Å². The third kappa shape index (κ3) is 2.07. The first-order valence-electron chi connectivity index (χ1n) is 9.30. The number of benzene rings is 2. The minimum atomic E-state index is -0.0261. The fraction of sp³-hybridized carbons (Fsp3) is 0.273. The van der Waals surface area contributed by atoms with E-state index in [9.17, 15) is 5.26 Å². The SMILES string of the molecule is N#C/C(C1=N[C@@H]2c3ccccc3C[C@@H]2O1)=C1/N[C@@H]2c3ccccc3C[C@@H]2O1. The van der Waals surface area contributed by atoms with Gasteiger partial charge in [0.2, 0.25) is 11.8 Å². The summed E-state index contributed by atoms with van der Waals surface area (Å²) in [5.74, 6) is 0.895. The van der Waals surface area contributed by atoms with Crippen LogP contribution >= 0.6 is 0 Å². The van der Waals surface area contributed by atoms with Crippen LogP contribution in [0.5, 0.6) is 0 Å². The highest BCUT2D eigenvalue weighted by Crippen LogP contribution is 2.43. The van der Waals surface area contributed by atoms with Crippen LogP contribution in [0.1, 0.15) is 34.3 Å². The van der Waals surface area contributed by atoms with Crippen molar-refractivity contribution < 1.29 is 9.47 Å². The van der Waals surface area contributed by atoms with Crippen LogP contribution in [0.25, 0.3) is 0 Å². The maximum atomic E-state index is 9.78. The first kappa shape index (κ1) is 14.9. The van der Waals surface area contributed by atoms with Crippen molar-refractivity contribution in [3.05, 3.63) is 82.2 Å². The number of rotatable bonds is 1. The monoisotopic (exact) mass is 355 g/mol. The van der Waals surface area contributed by atoms with Crippen LogP contribution in [0.2, 0.25) is 0 Å². The number of nitriles is 1. The predicted octanol–water partition coefficient (Wildman–Crippen LogP) is 3.10. The molecule has 0 spiro atoms. The van der Waals surface area contributed by atoms with Crippen LogP contribution in [-0.4, -0.2) is 18.1 Å². The van der Waals surface area contributed by atoms with E-state index in [1.165, 1.54) is 22.3 Å². The fourth-order valence-electron chi connectivity index (χ4n) is 4.71. The van der Waals surface area contributed by atoms with Gasteiger partial charge in [-0.1, -0.05) is 48.5 Å². The van der Waals surface area contributed by atoms with Crippen molar-refractivity contribution in [1.29, 1.82) is 5.26 Å². The molecular weight excluding hydrogens is 338 g/mol. The zero-order chi connectivity index (χ0) is 18.0. The molecular formula is C22H17N3O2. The van der Waals surface area contributed by atoms with E-state index in [1.54, 1.807) is 0 Å². The molecule has 0 unspecified atom stereocenters. The second-order valence-corrected chi connectivity index (χ2v) is 7.44. The summed E-state index contributed by atoms with van der Waals surface area (Å²) in [7, 11) is 0. The van der Waals surface area contributed by atoms with Gasteiger partial charge in [0, 0.05) is 12.8 Å². The average Bonchev–Trinajstić information content (AvgIpc) is 3.41. The van der Waals surface area contributed by atoms with Gasteiger partial charge in [-0.25, -0.2) is 4.99 Å². The zero-order valence-corrected chi connectivity index (χ0v) is 14.6. The molecule has 2 aliphatic heterocycles. The first-order chi connectivity index (χ1) is 13.3. The van der Waals surface area contributed by atoms with Crippen LogP contribution in [0.3, 0.4) is 0 Å². The number of nitrogens with zero attached hydrogens (tertiary/aromatic N) is 2. The van der Waals surface area contributed by atoms with E-state index < -0.39 is 0 Å². The molecule has 5 heteroatoms. The molecule has 2 heterocycles. The Balaban J connectivity index is 1.34. The normalized spacial score (nSPS) is 30.7. The molecule has 0 aromatic heterocycles. The van der Waals surface area contributed by atoms with Crippen molar-refractivity contribution in [1.82, 2.24) is 5.32 Å². The Hall–Kier alpha value is -3.26. The lowest BCUT2D eigenvalue weighted by atomic mass is 10.1. The summed E-state index contributed by atoms with van der Waals surface area (Å²) >= 11 is 0. The van der Waals surface area contributed by atoms with Gasteiger partial charge in [0.05, 0.1) is 6.04 Å².